The highest BCUT2D eigenvalue weighted by Gasteiger charge is 2.22. The molecule has 1 saturated carbocycles. The second-order valence-electron chi connectivity index (χ2n) is 4.56. The number of aliphatic hydroxyl groups excluding tert-OH is 1. The van der Waals surface area contributed by atoms with Gasteiger partial charge in [-0.1, -0.05) is 25.5 Å². The molecular formula is C14H22O. The van der Waals surface area contributed by atoms with Gasteiger partial charge in [0, 0.05) is 12.3 Å². The van der Waals surface area contributed by atoms with Crippen molar-refractivity contribution in [2.75, 3.05) is 0 Å². The molecule has 0 radical (unpaired) electrons. The maximum Gasteiger partial charge on any atom is 0.0602 e. The van der Waals surface area contributed by atoms with Crippen molar-refractivity contribution >= 4 is 0 Å². The van der Waals surface area contributed by atoms with E-state index in [9.17, 15) is 5.11 Å². The molecular weight excluding hydrogens is 184 g/mol. The first-order chi connectivity index (χ1) is 7.24. The van der Waals surface area contributed by atoms with Gasteiger partial charge in [-0.05, 0) is 32.1 Å². The van der Waals surface area contributed by atoms with E-state index >= 15 is 0 Å². The minimum atomic E-state index is -0.0908. The van der Waals surface area contributed by atoms with Crippen molar-refractivity contribution in [3.05, 3.63) is 12.2 Å². The molecule has 1 aliphatic carbocycles. The minimum Gasteiger partial charge on any atom is -0.393 e. The van der Waals surface area contributed by atoms with Crippen LogP contribution in [0.5, 0.6) is 0 Å². The third-order valence-electron chi connectivity index (χ3n) is 3.08. The van der Waals surface area contributed by atoms with Crippen LogP contribution in [-0.4, -0.2) is 11.2 Å². The summed E-state index contributed by atoms with van der Waals surface area (Å²) >= 11 is 0. The average Bonchev–Trinajstić information content (AvgIpc) is 2.61. The molecule has 0 aromatic carbocycles. The molecule has 0 saturated heterocycles. The fraction of sp³-hybridized carbons (Fsp3) is 0.714. The molecule has 3 atom stereocenters. The molecule has 2 unspecified atom stereocenters. The molecule has 15 heavy (non-hydrogen) atoms. The first kappa shape index (κ1) is 12.3. The van der Waals surface area contributed by atoms with Crippen LogP contribution in [0.2, 0.25) is 0 Å². The highest BCUT2D eigenvalue weighted by atomic mass is 16.3. The standard InChI is InChI=1S/C14H22O/c1-3-4-7-12(2)8-5-9-13-10-6-11-14(13)15/h5,9,12-15H,6-8,10-11H2,1-2H3/b9-5+/t12?,13?,14-/m1/s1. The van der Waals surface area contributed by atoms with Crippen molar-refractivity contribution in [3.8, 4) is 11.8 Å². The van der Waals surface area contributed by atoms with Gasteiger partial charge in [0.25, 0.3) is 0 Å². The Bertz CT molecular complexity index is 256. The van der Waals surface area contributed by atoms with Crippen molar-refractivity contribution < 1.29 is 5.11 Å². The first-order valence-electron chi connectivity index (χ1n) is 5.98. The molecule has 0 heterocycles. The topological polar surface area (TPSA) is 20.2 Å². The SMILES string of the molecule is CC#CCC(C)C/C=C/C1CCC[C@H]1O. The van der Waals surface area contributed by atoms with Gasteiger partial charge in [0.15, 0.2) is 0 Å². The molecule has 0 aromatic rings. The Labute approximate surface area is 93.6 Å². The van der Waals surface area contributed by atoms with Gasteiger partial charge in [-0.25, -0.2) is 0 Å². The summed E-state index contributed by atoms with van der Waals surface area (Å²) in [7, 11) is 0. The maximum atomic E-state index is 9.62. The Morgan fingerprint density at radius 1 is 1.47 bits per heavy atom. The van der Waals surface area contributed by atoms with Crippen molar-refractivity contribution in [3.63, 3.8) is 0 Å². The zero-order valence-corrected chi connectivity index (χ0v) is 9.87. The Balaban J connectivity index is 2.22. The summed E-state index contributed by atoms with van der Waals surface area (Å²) < 4.78 is 0. The van der Waals surface area contributed by atoms with Crippen LogP contribution in [0.1, 0.15) is 46.0 Å². The van der Waals surface area contributed by atoms with Crippen molar-refractivity contribution in [1.29, 1.82) is 0 Å². The molecule has 1 rings (SSSR count). The van der Waals surface area contributed by atoms with E-state index in [1.807, 2.05) is 6.92 Å². The monoisotopic (exact) mass is 206 g/mol. The third-order valence-corrected chi connectivity index (χ3v) is 3.08. The van der Waals surface area contributed by atoms with E-state index in [1.54, 1.807) is 0 Å². The summed E-state index contributed by atoms with van der Waals surface area (Å²) in [6.07, 6.45) is 9.70. The number of hydrogen-bond acceptors (Lipinski definition) is 1. The Hall–Kier alpha value is -0.740. The van der Waals surface area contributed by atoms with Gasteiger partial charge >= 0.3 is 0 Å². The predicted molar refractivity (Wildman–Crippen MR) is 64.3 cm³/mol. The van der Waals surface area contributed by atoms with Crippen LogP contribution < -0.4 is 0 Å². The number of hydrogen-bond donors (Lipinski definition) is 1. The predicted octanol–water partition coefficient (Wildman–Crippen LogP) is 3.14. The van der Waals surface area contributed by atoms with Gasteiger partial charge in [-0.3, -0.25) is 0 Å². The molecule has 0 aliphatic heterocycles. The van der Waals surface area contributed by atoms with Crippen LogP contribution >= 0.6 is 0 Å². The average molecular weight is 206 g/mol. The van der Waals surface area contributed by atoms with Crippen LogP contribution in [0.25, 0.3) is 0 Å². The van der Waals surface area contributed by atoms with E-state index in [0.29, 0.717) is 11.8 Å². The molecule has 0 bridgehead atoms. The first-order valence-corrected chi connectivity index (χ1v) is 5.98. The van der Waals surface area contributed by atoms with Gasteiger partial charge < -0.3 is 5.11 Å². The second-order valence-corrected chi connectivity index (χ2v) is 4.56. The quantitative estimate of drug-likeness (QED) is 0.553. The third kappa shape index (κ3) is 4.53. The lowest BCUT2D eigenvalue weighted by molar-refractivity contribution is 0.153. The molecule has 0 spiro atoms. The van der Waals surface area contributed by atoms with Gasteiger partial charge in [0.1, 0.15) is 0 Å². The van der Waals surface area contributed by atoms with E-state index in [-0.39, 0.29) is 6.10 Å². The van der Waals surface area contributed by atoms with Gasteiger partial charge in [-0.15, -0.1) is 11.8 Å². The zero-order chi connectivity index (χ0) is 11.1. The summed E-state index contributed by atoms with van der Waals surface area (Å²) in [4.78, 5) is 0. The number of rotatable bonds is 4. The van der Waals surface area contributed by atoms with Crippen molar-refractivity contribution in [2.45, 2.75) is 52.1 Å². The summed E-state index contributed by atoms with van der Waals surface area (Å²) in [6.45, 7) is 4.11. The summed E-state index contributed by atoms with van der Waals surface area (Å²) in [5, 5.41) is 9.62. The summed E-state index contributed by atoms with van der Waals surface area (Å²) in [6, 6.07) is 0. The van der Waals surface area contributed by atoms with Gasteiger partial charge in [0.05, 0.1) is 6.10 Å². The molecule has 1 heteroatoms. The molecule has 0 amide bonds. The number of allylic oxidation sites excluding steroid dienone is 1. The Morgan fingerprint density at radius 2 is 2.27 bits per heavy atom. The van der Waals surface area contributed by atoms with Crippen LogP contribution in [0.15, 0.2) is 12.2 Å². The normalized spacial score (nSPS) is 27.7. The molecule has 1 aliphatic rings. The summed E-state index contributed by atoms with van der Waals surface area (Å²) in [5.74, 6) is 7.07. The fourth-order valence-electron chi connectivity index (χ4n) is 2.04. The van der Waals surface area contributed by atoms with Crippen LogP contribution in [0.4, 0.5) is 0 Å². The van der Waals surface area contributed by atoms with E-state index in [4.69, 9.17) is 0 Å². The lowest BCUT2D eigenvalue weighted by atomic mass is 10.0. The smallest absolute Gasteiger partial charge is 0.0602 e. The van der Waals surface area contributed by atoms with Crippen molar-refractivity contribution in [1.82, 2.24) is 0 Å². The van der Waals surface area contributed by atoms with E-state index in [2.05, 4.69) is 30.9 Å². The maximum absolute atomic E-state index is 9.62. The zero-order valence-electron chi connectivity index (χ0n) is 9.87. The van der Waals surface area contributed by atoms with Gasteiger partial charge in [-0.2, -0.15) is 0 Å². The summed E-state index contributed by atoms with van der Waals surface area (Å²) in [5.41, 5.74) is 0. The Morgan fingerprint density at radius 3 is 2.87 bits per heavy atom. The Kier molecular flexibility index (Phi) is 5.50. The number of aliphatic hydroxyl groups is 1. The second kappa shape index (κ2) is 6.69. The van der Waals surface area contributed by atoms with Crippen LogP contribution in [0.3, 0.4) is 0 Å². The largest absolute Gasteiger partial charge is 0.393 e. The molecule has 0 aromatic heterocycles. The van der Waals surface area contributed by atoms with E-state index in [0.717, 1.165) is 25.7 Å². The molecule has 84 valence electrons. The fourth-order valence-corrected chi connectivity index (χ4v) is 2.04. The molecule has 1 fully saturated rings. The molecule has 1 nitrogen and oxygen atoms in total. The minimum absolute atomic E-state index is 0.0908. The van der Waals surface area contributed by atoms with E-state index < -0.39 is 0 Å². The highest BCUT2D eigenvalue weighted by Crippen LogP contribution is 2.26. The van der Waals surface area contributed by atoms with Gasteiger partial charge in [0.2, 0.25) is 0 Å². The lowest BCUT2D eigenvalue weighted by Crippen LogP contribution is -2.09. The van der Waals surface area contributed by atoms with Crippen molar-refractivity contribution in [2.24, 2.45) is 11.8 Å². The van der Waals surface area contributed by atoms with Crippen LogP contribution in [-0.2, 0) is 0 Å². The van der Waals surface area contributed by atoms with Crippen LogP contribution in [0, 0.1) is 23.7 Å². The molecule has 1 N–H and O–H groups in total. The lowest BCUT2D eigenvalue weighted by Gasteiger charge is -2.09. The highest BCUT2D eigenvalue weighted by molar-refractivity contribution is 4.99. The van der Waals surface area contributed by atoms with E-state index in [1.165, 1.54) is 6.42 Å².